The van der Waals surface area contributed by atoms with Gasteiger partial charge >= 0.3 is 0 Å². The predicted octanol–water partition coefficient (Wildman–Crippen LogP) is 6.75. The Kier molecular flexibility index (Phi) is 3.46. The first-order valence-corrected chi connectivity index (χ1v) is 11.4. The zero-order chi connectivity index (χ0) is 18.5. The van der Waals surface area contributed by atoms with Gasteiger partial charge in [0.25, 0.3) is 0 Å². The fourth-order valence-corrected chi connectivity index (χ4v) is 9.49. The van der Waals surface area contributed by atoms with E-state index in [2.05, 4.69) is 40.7 Å². The summed E-state index contributed by atoms with van der Waals surface area (Å²) in [6.45, 7) is 12.6. The number of hydrogen-bond donors (Lipinski definition) is 0. The Hall–Kier alpha value is -0.770. The summed E-state index contributed by atoms with van der Waals surface area (Å²) < 4.78 is 0. The van der Waals surface area contributed by atoms with Crippen LogP contribution in [0.25, 0.3) is 0 Å². The quantitative estimate of drug-likeness (QED) is 0.512. The number of nitriles is 1. The minimum atomic E-state index is 0.253. The van der Waals surface area contributed by atoms with Gasteiger partial charge in [0.15, 0.2) is 0 Å². The lowest BCUT2D eigenvalue weighted by Crippen LogP contribution is -2.43. The fraction of sp³-hybridized carbons (Fsp3) is 0.880. The van der Waals surface area contributed by atoms with E-state index in [0.29, 0.717) is 16.7 Å². The molecule has 1 spiro atoms. The highest BCUT2D eigenvalue weighted by atomic mass is 14.7. The molecule has 0 radical (unpaired) electrons. The highest BCUT2D eigenvalue weighted by molar-refractivity contribution is 5.49. The van der Waals surface area contributed by atoms with Crippen molar-refractivity contribution in [3.05, 3.63) is 11.1 Å². The van der Waals surface area contributed by atoms with Gasteiger partial charge in [-0.2, -0.15) is 5.26 Å². The van der Waals surface area contributed by atoms with E-state index in [4.69, 9.17) is 0 Å². The lowest BCUT2D eigenvalue weighted by Gasteiger charge is -2.49. The molecule has 0 aromatic heterocycles. The topological polar surface area (TPSA) is 23.8 Å². The van der Waals surface area contributed by atoms with Gasteiger partial charge < -0.3 is 0 Å². The molecule has 1 nitrogen and oxygen atoms in total. The molecule has 0 saturated heterocycles. The maximum atomic E-state index is 10.4. The molecule has 0 aromatic rings. The summed E-state index contributed by atoms with van der Waals surface area (Å²) in [6, 6.07) is 2.86. The van der Waals surface area contributed by atoms with E-state index in [0.717, 1.165) is 29.6 Å². The third kappa shape index (κ3) is 1.74. The van der Waals surface area contributed by atoms with E-state index in [1.54, 1.807) is 5.57 Å². The molecule has 5 rings (SSSR count). The first-order valence-electron chi connectivity index (χ1n) is 11.4. The molecule has 5 aliphatic rings. The first kappa shape index (κ1) is 17.3. The third-order valence-corrected chi connectivity index (χ3v) is 10.8. The van der Waals surface area contributed by atoms with Gasteiger partial charge in [-0.25, -0.2) is 0 Å². The zero-order valence-corrected chi connectivity index (χ0v) is 17.6. The van der Waals surface area contributed by atoms with Crippen molar-refractivity contribution in [2.75, 3.05) is 0 Å². The SMILES string of the molecule is CC(C)[C@@H]1CC[C@]2(C)C[C@@H]3C(=C(C#N)[C@@]45CC[C@@H](C)[C@@H]4CC[C@@]35C)C[C@@H]12. The van der Waals surface area contributed by atoms with Gasteiger partial charge in [0.2, 0.25) is 0 Å². The van der Waals surface area contributed by atoms with Crippen LogP contribution >= 0.6 is 0 Å². The van der Waals surface area contributed by atoms with Gasteiger partial charge in [-0.05, 0) is 97.7 Å². The molecule has 1 heteroatoms. The Morgan fingerprint density at radius 1 is 1.04 bits per heavy atom. The molecule has 0 bridgehead atoms. The van der Waals surface area contributed by atoms with Crippen LogP contribution in [0.5, 0.6) is 0 Å². The van der Waals surface area contributed by atoms with Crippen LogP contribution in [-0.2, 0) is 0 Å². The summed E-state index contributed by atoms with van der Waals surface area (Å²) in [4.78, 5) is 0. The maximum Gasteiger partial charge on any atom is 0.0953 e. The average molecular weight is 352 g/mol. The second-order valence-electron chi connectivity index (χ2n) is 11.7. The highest BCUT2D eigenvalue weighted by Gasteiger charge is 2.71. The zero-order valence-electron chi connectivity index (χ0n) is 17.6. The lowest BCUT2D eigenvalue weighted by molar-refractivity contribution is 0.0212. The minimum Gasteiger partial charge on any atom is -0.193 e. The molecule has 0 amide bonds. The highest BCUT2D eigenvalue weighted by Crippen LogP contribution is 2.79. The first-order chi connectivity index (χ1) is 12.3. The Balaban J connectivity index is 1.64. The van der Waals surface area contributed by atoms with E-state index in [1.807, 2.05) is 0 Å². The molecule has 0 aliphatic heterocycles. The molecule has 8 atom stereocenters. The third-order valence-electron chi connectivity index (χ3n) is 10.8. The van der Waals surface area contributed by atoms with Crippen molar-refractivity contribution in [2.24, 2.45) is 51.8 Å². The van der Waals surface area contributed by atoms with E-state index in [9.17, 15) is 5.26 Å². The molecule has 4 saturated carbocycles. The van der Waals surface area contributed by atoms with Crippen LogP contribution in [0.2, 0.25) is 0 Å². The van der Waals surface area contributed by atoms with Crippen molar-refractivity contribution in [1.29, 1.82) is 5.26 Å². The van der Waals surface area contributed by atoms with Crippen molar-refractivity contribution in [2.45, 2.75) is 86.0 Å². The normalized spacial score (nSPS) is 54.9. The molecular formula is C25H37N. The smallest absolute Gasteiger partial charge is 0.0953 e. The number of nitrogens with zero attached hydrogens (tertiary/aromatic N) is 1. The molecule has 142 valence electrons. The van der Waals surface area contributed by atoms with Crippen molar-refractivity contribution in [1.82, 2.24) is 0 Å². The van der Waals surface area contributed by atoms with Crippen LogP contribution in [0.15, 0.2) is 11.1 Å². The second-order valence-corrected chi connectivity index (χ2v) is 11.7. The summed E-state index contributed by atoms with van der Waals surface area (Å²) in [5, 5.41) is 10.4. The Bertz CT molecular complexity index is 710. The van der Waals surface area contributed by atoms with E-state index >= 15 is 0 Å². The van der Waals surface area contributed by atoms with Gasteiger partial charge in [-0.1, -0.05) is 40.2 Å². The van der Waals surface area contributed by atoms with Crippen LogP contribution in [0, 0.1) is 63.1 Å². The Morgan fingerprint density at radius 3 is 2.50 bits per heavy atom. The molecule has 0 N–H and O–H groups in total. The van der Waals surface area contributed by atoms with Gasteiger partial charge in [-0.15, -0.1) is 0 Å². The van der Waals surface area contributed by atoms with Crippen molar-refractivity contribution >= 4 is 0 Å². The minimum absolute atomic E-state index is 0.253. The van der Waals surface area contributed by atoms with Crippen LogP contribution in [-0.4, -0.2) is 0 Å². The van der Waals surface area contributed by atoms with Crippen LogP contribution in [0.1, 0.15) is 86.0 Å². The Labute approximate surface area is 160 Å². The van der Waals surface area contributed by atoms with Crippen LogP contribution < -0.4 is 0 Å². The molecule has 4 fully saturated rings. The molecular weight excluding hydrogens is 314 g/mol. The van der Waals surface area contributed by atoms with E-state index in [-0.39, 0.29) is 5.41 Å². The van der Waals surface area contributed by atoms with Gasteiger partial charge in [-0.3, -0.25) is 0 Å². The average Bonchev–Trinajstić information content (AvgIpc) is 3.24. The van der Waals surface area contributed by atoms with E-state index in [1.165, 1.54) is 56.9 Å². The molecule has 26 heavy (non-hydrogen) atoms. The summed E-state index contributed by atoms with van der Waals surface area (Å²) in [7, 11) is 0. The van der Waals surface area contributed by atoms with Crippen LogP contribution in [0.3, 0.4) is 0 Å². The summed E-state index contributed by atoms with van der Waals surface area (Å²) in [5.41, 5.74) is 4.13. The van der Waals surface area contributed by atoms with Gasteiger partial charge in [0.05, 0.1) is 6.07 Å². The fourth-order valence-electron chi connectivity index (χ4n) is 9.49. The number of rotatable bonds is 1. The maximum absolute atomic E-state index is 10.4. The summed E-state index contributed by atoms with van der Waals surface area (Å²) in [6.07, 6.45) is 10.9. The molecule has 0 heterocycles. The van der Waals surface area contributed by atoms with Crippen molar-refractivity contribution in [3.63, 3.8) is 0 Å². The van der Waals surface area contributed by atoms with Crippen LogP contribution in [0.4, 0.5) is 0 Å². The predicted molar refractivity (Wildman–Crippen MR) is 106 cm³/mol. The standard InChI is InChI=1S/C25H37N/c1-15(2)17-7-9-23(4)13-21-18(12-20(17)23)22(14-26)25-11-6-16(3)19(25)8-10-24(21,25)5/h15-17,19-21H,6-13H2,1-5H3/t16-,17+,19+,20+,21-,23-,24+,25-/m1/s1. The monoisotopic (exact) mass is 351 g/mol. The molecule has 5 aliphatic carbocycles. The van der Waals surface area contributed by atoms with Gasteiger partial charge in [0, 0.05) is 11.0 Å². The van der Waals surface area contributed by atoms with Crippen molar-refractivity contribution in [3.8, 4) is 6.07 Å². The summed E-state index contributed by atoms with van der Waals surface area (Å²) >= 11 is 0. The largest absolute Gasteiger partial charge is 0.193 e. The van der Waals surface area contributed by atoms with Gasteiger partial charge in [0.1, 0.15) is 0 Å². The number of fused-ring (bicyclic) bond motifs is 3. The van der Waals surface area contributed by atoms with Crippen molar-refractivity contribution < 1.29 is 0 Å². The Morgan fingerprint density at radius 2 is 1.81 bits per heavy atom. The number of allylic oxidation sites excluding steroid dienone is 2. The number of hydrogen-bond acceptors (Lipinski definition) is 1. The lowest BCUT2D eigenvalue weighted by atomic mass is 9.54. The second kappa shape index (κ2) is 5.18. The summed E-state index contributed by atoms with van der Waals surface area (Å²) in [5.74, 6) is 4.80. The van der Waals surface area contributed by atoms with E-state index < -0.39 is 0 Å². The molecule has 0 unspecified atom stereocenters. The molecule has 0 aromatic carbocycles.